The molecule has 1 aromatic heterocycles. The van der Waals surface area contributed by atoms with Crippen LogP contribution in [-0.2, 0) is 21.5 Å². The van der Waals surface area contributed by atoms with E-state index in [4.69, 9.17) is 15.4 Å². The first-order valence-electron chi connectivity index (χ1n) is 10.8. The Kier molecular flexibility index (Phi) is 8.67. The van der Waals surface area contributed by atoms with Crippen LogP contribution in [0.2, 0.25) is 0 Å². The third kappa shape index (κ3) is 6.93. The van der Waals surface area contributed by atoms with E-state index in [1.54, 1.807) is 49.6 Å². The van der Waals surface area contributed by atoms with E-state index in [0.29, 0.717) is 5.56 Å². The second-order valence-electron chi connectivity index (χ2n) is 7.86. The average Bonchev–Trinajstić information content (AvgIpc) is 2.85. The van der Waals surface area contributed by atoms with Crippen molar-refractivity contribution >= 4 is 32.5 Å². The highest BCUT2D eigenvalue weighted by Crippen LogP contribution is 2.21. The standard InChI is InChI=1S/C19H19N3O2.C7H8O3S/c20-10-18(14-3-1-13(12-23)2-4-14)19(24)22-17-6-5-16-11-21-8-7-15(16)9-17;1-6-4-2-3-5-7(6)11(8,9)10/h1-9,11,18,23H,10,12,20H2,(H,22,24);2-5H,1H3,(H,8,9,10). The van der Waals surface area contributed by atoms with Crippen LogP contribution in [0, 0.1) is 6.92 Å². The summed E-state index contributed by atoms with van der Waals surface area (Å²) in [5, 5.41) is 14.1. The first-order chi connectivity index (χ1) is 16.7. The number of benzene rings is 3. The number of hydrogen-bond donors (Lipinski definition) is 4. The second-order valence-corrected chi connectivity index (χ2v) is 9.25. The van der Waals surface area contributed by atoms with Crippen molar-refractivity contribution in [2.75, 3.05) is 11.9 Å². The number of hydrogen-bond acceptors (Lipinski definition) is 6. The van der Waals surface area contributed by atoms with Gasteiger partial charge in [-0.3, -0.25) is 14.3 Å². The van der Waals surface area contributed by atoms with E-state index >= 15 is 0 Å². The molecule has 8 nitrogen and oxygen atoms in total. The van der Waals surface area contributed by atoms with E-state index in [1.165, 1.54) is 6.07 Å². The topological polar surface area (TPSA) is 143 Å². The van der Waals surface area contributed by atoms with Crippen molar-refractivity contribution in [2.24, 2.45) is 5.73 Å². The predicted octanol–water partition coefficient (Wildman–Crippen LogP) is 3.65. The number of anilines is 1. The molecule has 0 aliphatic heterocycles. The summed E-state index contributed by atoms with van der Waals surface area (Å²) < 4.78 is 29.9. The lowest BCUT2D eigenvalue weighted by molar-refractivity contribution is -0.117. The van der Waals surface area contributed by atoms with Crippen molar-refractivity contribution in [1.29, 1.82) is 0 Å². The predicted molar refractivity (Wildman–Crippen MR) is 136 cm³/mol. The number of aromatic nitrogens is 1. The molecule has 5 N–H and O–H groups in total. The summed E-state index contributed by atoms with van der Waals surface area (Å²) in [5.74, 6) is -0.589. The van der Waals surface area contributed by atoms with Gasteiger partial charge in [0, 0.05) is 30.0 Å². The zero-order valence-corrected chi connectivity index (χ0v) is 19.9. The van der Waals surface area contributed by atoms with Gasteiger partial charge in [-0.2, -0.15) is 8.42 Å². The number of rotatable bonds is 6. The number of carbonyl (C=O) groups is 1. The molecule has 1 heterocycles. The molecule has 0 saturated carbocycles. The molecule has 0 saturated heterocycles. The van der Waals surface area contributed by atoms with Crippen molar-refractivity contribution in [3.63, 3.8) is 0 Å². The monoisotopic (exact) mass is 493 g/mol. The minimum absolute atomic E-state index is 0.0221. The maximum Gasteiger partial charge on any atom is 0.294 e. The third-order valence-electron chi connectivity index (χ3n) is 5.40. The largest absolute Gasteiger partial charge is 0.392 e. The van der Waals surface area contributed by atoms with E-state index in [1.807, 2.05) is 36.4 Å². The fourth-order valence-corrected chi connectivity index (χ4v) is 4.21. The fraction of sp³-hybridized carbons (Fsp3) is 0.154. The van der Waals surface area contributed by atoms with Gasteiger partial charge in [0.2, 0.25) is 5.91 Å². The number of carbonyl (C=O) groups excluding carboxylic acids is 1. The zero-order chi connectivity index (χ0) is 25.4. The van der Waals surface area contributed by atoms with Gasteiger partial charge in [-0.1, -0.05) is 48.5 Å². The average molecular weight is 494 g/mol. The number of fused-ring (bicyclic) bond motifs is 1. The SMILES string of the molecule is Cc1ccccc1S(=O)(=O)O.NCC(C(=O)Nc1ccc2cnccc2c1)c1ccc(CO)cc1. The molecule has 0 fully saturated rings. The van der Waals surface area contributed by atoms with Crippen molar-refractivity contribution in [1.82, 2.24) is 4.98 Å². The molecular formula is C26H27N3O5S. The Labute approximate surface area is 204 Å². The highest BCUT2D eigenvalue weighted by Gasteiger charge is 2.19. The lowest BCUT2D eigenvalue weighted by Crippen LogP contribution is -2.27. The van der Waals surface area contributed by atoms with Crippen LogP contribution in [0.25, 0.3) is 10.8 Å². The molecule has 1 amide bonds. The number of nitrogens with zero attached hydrogens (tertiary/aromatic N) is 1. The van der Waals surface area contributed by atoms with Gasteiger partial charge in [-0.15, -0.1) is 0 Å². The van der Waals surface area contributed by atoms with Gasteiger partial charge in [0.25, 0.3) is 10.1 Å². The van der Waals surface area contributed by atoms with E-state index in [2.05, 4.69) is 10.3 Å². The number of aryl methyl sites for hydroxylation is 1. The van der Waals surface area contributed by atoms with Crippen LogP contribution in [0.3, 0.4) is 0 Å². The van der Waals surface area contributed by atoms with Gasteiger partial charge in [-0.25, -0.2) is 0 Å². The molecule has 9 heteroatoms. The zero-order valence-electron chi connectivity index (χ0n) is 19.1. The van der Waals surface area contributed by atoms with Crippen molar-refractivity contribution in [3.8, 4) is 0 Å². The lowest BCUT2D eigenvalue weighted by Gasteiger charge is -2.16. The van der Waals surface area contributed by atoms with Crippen molar-refractivity contribution in [3.05, 3.63) is 102 Å². The number of pyridine rings is 1. The molecule has 0 bridgehead atoms. The van der Waals surface area contributed by atoms with Gasteiger partial charge in [0.05, 0.1) is 17.4 Å². The fourth-order valence-electron chi connectivity index (χ4n) is 3.49. The Hall–Kier alpha value is -3.63. The quantitative estimate of drug-likeness (QED) is 0.300. The molecule has 1 unspecified atom stereocenters. The Morgan fingerprint density at radius 3 is 2.34 bits per heavy atom. The highest BCUT2D eigenvalue weighted by molar-refractivity contribution is 7.85. The molecule has 4 rings (SSSR count). The highest BCUT2D eigenvalue weighted by atomic mass is 32.2. The van der Waals surface area contributed by atoms with Gasteiger partial charge in [0.15, 0.2) is 0 Å². The van der Waals surface area contributed by atoms with E-state index < -0.39 is 16.0 Å². The summed E-state index contributed by atoms with van der Waals surface area (Å²) >= 11 is 0. The summed E-state index contributed by atoms with van der Waals surface area (Å²) in [4.78, 5) is 16.6. The van der Waals surface area contributed by atoms with E-state index in [-0.39, 0.29) is 24.0 Å². The van der Waals surface area contributed by atoms with Crippen LogP contribution in [0.5, 0.6) is 0 Å². The van der Waals surface area contributed by atoms with Gasteiger partial charge >= 0.3 is 0 Å². The van der Waals surface area contributed by atoms with Gasteiger partial charge in [-0.05, 0) is 53.3 Å². The molecule has 0 spiro atoms. The maximum atomic E-state index is 12.6. The number of aliphatic hydroxyl groups excluding tert-OH is 1. The Morgan fingerprint density at radius 2 is 1.74 bits per heavy atom. The number of amides is 1. The molecular weight excluding hydrogens is 466 g/mol. The van der Waals surface area contributed by atoms with Crippen LogP contribution in [0.1, 0.15) is 22.6 Å². The van der Waals surface area contributed by atoms with E-state index in [0.717, 1.165) is 27.6 Å². The summed E-state index contributed by atoms with van der Waals surface area (Å²) in [6.07, 6.45) is 3.51. The minimum Gasteiger partial charge on any atom is -0.392 e. The molecule has 4 aromatic rings. The molecule has 0 aliphatic carbocycles. The van der Waals surface area contributed by atoms with Crippen LogP contribution in [0.4, 0.5) is 5.69 Å². The Balaban J connectivity index is 0.000000261. The molecule has 0 aliphatic rings. The molecule has 182 valence electrons. The summed E-state index contributed by atoms with van der Waals surface area (Å²) in [7, 11) is -4.03. The van der Waals surface area contributed by atoms with Gasteiger partial charge < -0.3 is 16.2 Å². The molecule has 35 heavy (non-hydrogen) atoms. The first kappa shape index (κ1) is 26.0. The van der Waals surface area contributed by atoms with Crippen molar-refractivity contribution in [2.45, 2.75) is 24.3 Å². The maximum absolute atomic E-state index is 12.6. The lowest BCUT2D eigenvalue weighted by atomic mass is 9.97. The molecule has 3 aromatic carbocycles. The number of nitrogens with two attached hydrogens (primary N) is 1. The first-order valence-corrected chi connectivity index (χ1v) is 12.2. The summed E-state index contributed by atoms with van der Waals surface area (Å²) in [5.41, 5.74) is 8.71. The number of nitrogens with one attached hydrogen (secondary N) is 1. The van der Waals surface area contributed by atoms with Crippen LogP contribution >= 0.6 is 0 Å². The number of aliphatic hydroxyl groups is 1. The molecule has 0 radical (unpaired) electrons. The van der Waals surface area contributed by atoms with E-state index in [9.17, 15) is 13.2 Å². The normalized spacial score (nSPS) is 11.9. The minimum atomic E-state index is -4.03. The van der Waals surface area contributed by atoms with Crippen LogP contribution < -0.4 is 11.1 Å². The summed E-state index contributed by atoms with van der Waals surface area (Å²) in [6, 6.07) is 21.1. The second kappa shape index (κ2) is 11.7. The smallest absolute Gasteiger partial charge is 0.294 e. The van der Waals surface area contributed by atoms with Crippen molar-refractivity contribution < 1.29 is 22.9 Å². The Bertz CT molecular complexity index is 1410. The van der Waals surface area contributed by atoms with Gasteiger partial charge in [0.1, 0.15) is 0 Å². The van der Waals surface area contributed by atoms with Crippen LogP contribution in [0.15, 0.2) is 90.1 Å². The summed E-state index contributed by atoms with van der Waals surface area (Å²) in [6.45, 7) is 1.82. The Morgan fingerprint density at radius 1 is 1.03 bits per heavy atom. The third-order valence-corrected chi connectivity index (χ3v) is 6.41. The van der Waals surface area contributed by atoms with Crippen LogP contribution in [-0.4, -0.2) is 35.5 Å². The molecule has 1 atom stereocenters.